The maximum absolute atomic E-state index is 12.7. The van der Waals surface area contributed by atoms with Crippen molar-refractivity contribution in [2.45, 2.75) is 25.3 Å². The molecule has 2 aromatic carbocycles. The second-order valence-corrected chi connectivity index (χ2v) is 8.14. The summed E-state index contributed by atoms with van der Waals surface area (Å²) >= 11 is 0. The molecule has 0 radical (unpaired) electrons. The first-order valence-corrected chi connectivity index (χ1v) is 10.2. The van der Waals surface area contributed by atoms with E-state index >= 15 is 0 Å². The Hall–Kier alpha value is -3.19. The van der Waals surface area contributed by atoms with Crippen molar-refractivity contribution in [3.05, 3.63) is 89.2 Å². The van der Waals surface area contributed by atoms with Gasteiger partial charge in [0.2, 0.25) is 0 Å². The first-order chi connectivity index (χ1) is 13.3. The molecule has 0 saturated carbocycles. The molecule has 0 spiro atoms. The van der Waals surface area contributed by atoms with Crippen molar-refractivity contribution < 1.29 is 13.2 Å². The van der Waals surface area contributed by atoms with E-state index in [0.29, 0.717) is 23.4 Å². The molecule has 28 heavy (non-hydrogen) atoms. The molecule has 3 aromatic rings. The molecule has 6 nitrogen and oxygen atoms in total. The maximum Gasteiger partial charge on any atom is 0.262 e. The Morgan fingerprint density at radius 3 is 2.32 bits per heavy atom. The molecule has 2 N–H and O–H groups in total. The van der Waals surface area contributed by atoms with E-state index in [2.05, 4.69) is 15.0 Å². The molecule has 144 valence electrons. The highest BCUT2D eigenvalue weighted by Crippen LogP contribution is 2.21. The molecule has 7 heteroatoms. The van der Waals surface area contributed by atoms with Gasteiger partial charge in [-0.05, 0) is 73.0 Å². The molecule has 0 fully saturated rings. The fraction of sp³-hybridized carbons (Fsp3) is 0.143. The van der Waals surface area contributed by atoms with Crippen LogP contribution in [0.3, 0.4) is 0 Å². The van der Waals surface area contributed by atoms with E-state index in [4.69, 9.17) is 0 Å². The van der Waals surface area contributed by atoms with Gasteiger partial charge >= 0.3 is 0 Å². The minimum atomic E-state index is -3.70. The van der Waals surface area contributed by atoms with Crippen molar-refractivity contribution in [2.75, 3.05) is 4.72 Å². The van der Waals surface area contributed by atoms with Crippen LogP contribution in [0.2, 0.25) is 0 Å². The molecule has 0 aliphatic heterocycles. The average Bonchev–Trinajstić information content (AvgIpc) is 2.69. The third-order valence-corrected chi connectivity index (χ3v) is 5.76. The Morgan fingerprint density at radius 1 is 0.964 bits per heavy atom. The van der Waals surface area contributed by atoms with Gasteiger partial charge in [0.05, 0.1) is 4.90 Å². The van der Waals surface area contributed by atoms with Crippen LogP contribution in [0.4, 0.5) is 5.69 Å². The molecule has 1 amide bonds. The lowest BCUT2D eigenvalue weighted by Gasteiger charge is -2.12. The Kier molecular flexibility index (Phi) is 5.75. The second kappa shape index (κ2) is 8.22. The number of pyridine rings is 1. The smallest absolute Gasteiger partial charge is 0.262 e. The van der Waals surface area contributed by atoms with Crippen molar-refractivity contribution in [1.82, 2.24) is 10.3 Å². The molecule has 3 rings (SSSR count). The van der Waals surface area contributed by atoms with Crippen molar-refractivity contribution >= 4 is 21.6 Å². The van der Waals surface area contributed by atoms with Gasteiger partial charge in [-0.1, -0.05) is 12.1 Å². The van der Waals surface area contributed by atoms with Crippen molar-refractivity contribution in [3.63, 3.8) is 0 Å². The summed E-state index contributed by atoms with van der Waals surface area (Å²) in [6.45, 7) is 3.99. The maximum atomic E-state index is 12.7. The number of hydrogen-bond donors (Lipinski definition) is 2. The van der Waals surface area contributed by atoms with Gasteiger partial charge in [-0.2, -0.15) is 0 Å². The summed E-state index contributed by atoms with van der Waals surface area (Å²) in [4.78, 5) is 16.4. The topological polar surface area (TPSA) is 88.2 Å². The number of aryl methyl sites for hydroxylation is 2. The summed E-state index contributed by atoms with van der Waals surface area (Å²) in [7, 11) is -3.70. The fourth-order valence-corrected chi connectivity index (χ4v) is 4.07. The van der Waals surface area contributed by atoms with Crippen LogP contribution in [-0.2, 0) is 16.6 Å². The van der Waals surface area contributed by atoms with Crippen LogP contribution in [0.1, 0.15) is 27.0 Å². The van der Waals surface area contributed by atoms with Gasteiger partial charge in [0, 0.05) is 30.2 Å². The molecule has 0 saturated heterocycles. The van der Waals surface area contributed by atoms with E-state index in [0.717, 1.165) is 11.1 Å². The van der Waals surface area contributed by atoms with Crippen molar-refractivity contribution in [1.29, 1.82) is 0 Å². The van der Waals surface area contributed by atoms with E-state index in [1.54, 1.807) is 55.7 Å². The molecule has 0 aliphatic carbocycles. The molecular formula is C21H21N3O3S. The number of aromatic nitrogens is 1. The number of sulfonamides is 1. The first kappa shape index (κ1) is 19.6. The van der Waals surface area contributed by atoms with Gasteiger partial charge < -0.3 is 5.32 Å². The van der Waals surface area contributed by atoms with E-state index in [9.17, 15) is 13.2 Å². The standard InChI is InChI=1S/C21H21N3O3S/c1-15-3-4-16(2)20(13-15)28(26,27)24-19-7-5-18(6-8-19)21(25)23-14-17-9-11-22-12-10-17/h3-13,24H,14H2,1-2H3,(H,23,25). The van der Waals surface area contributed by atoms with E-state index < -0.39 is 10.0 Å². The quantitative estimate of drug-likeness (QED) is 0.669. The van der Waals surface area contributed by atoms with Gasteiger partial charge in [0.1, 0.15) is 0 Å². The number of hydrogen-bond acceptors (Lipinski definition) is 4. The lowest BCUT2D eigenvalue weighted by Crippen LogP contribution is -2.22. The summed E-state index contributed by atoms with van der Waals surface area (Å²) in [5, 5.41) is 2.82. The summed E-state index contributed by atoms with van der Waals surface area (Å²) in [6, 6.07) is 15.3. The Morgan fingerprint density at radius 2 is 1.64 bits per heavy atom. The SMILES string of the molecule is Cc1ccc(C)c(S(=O)(=O)Nc2ccc(C(=O)NCc3ccncc3)cc2)c1. The number of carbonyl (C=O) groups is 1. The van der Waals surface area contributed by atoms with Crippen LogP contribution in [-0.4, -0.2) is 19.3 Å². The Bertz CT molecular complexity index is 1080. The molecule has 0 unspecified atom stereocenters. The van der Waals surface area contributed by atoms with E-state index in [-0.39, 0.29) is 10.8 Å². The van der Waals surface area contributed by atoms with E-state index in [1.807, 2.05) is 25.1 Å². The Balaban J connectivity index is 1.68. The zero-order chi connectivity index (χ0) is 20.1. The number of rotatable bonds is 6. The molecule has 1 heterocycles. The highest BCUT2D eigenvalue weighted by Gasteiger charge is 2.17. The normalized spacial score (nSPS) is 11.1. The van der Waals surface area contributed by atoms with Gasteiger partial charge in [0.15, 0.2) is 0 Å². The largest absolute Gasteiger partial charge is 0.348 e. The van der Waals surface area contributed by atoms with Crippen LogP contribution in [0, 0.1) is 13.8 Å². The number of benzene rings is 2. The summed E-state index contributed by atoms with van der Waals surface area (Å²) in [6.07, 6.45) is 3.33. The monoisotopic (exact) mass is 395 g/mol. The fourth-order valence-electron chi connectivity index (χ4n) is 2.68. The minimum absolute atomic E-state index is 0.235. The van der Waals surface area contributed by atoms with Gasteiger partial charge in [-0.3, -0.25) is 14.5 Å². The van der Waals surface area contributed by atoms with Crippen LogP contribution >= 0.6 is 0 Å². The lowest BCUT2D eigenvalue weighted by molar-refractivity contribution is 0.0951. The zero-order valence-electron chi connectivity index (χ0n) is 15.6. The van der Waals surface area contributed by atoms with Crippen LogP contribution < -0.4 is 10.0 Å². The van der Waals surface area contributed by atoms with Crippen LogP contribution in [0.25, 0.3) is 0 Å². The molecular weight excluding hydrogens is 374 g/mol. The van der Waals surface area contributed by atoms with Crippen LogP contribution in [0.5, 0.6) is 0 Å². The minimum Gasteiger partial charge on any atom is -0.348 e. The molecule has 1 aromatic heterocycles. The number of anilines is 1. The third-order valence-electron chi connectivity index (χ3n) is 4.23. The second-order valence-electron chi connectivity index (χ2n) is 6.49. The van der Waals surface area contributed by atoms with E-state index in [1.165, 1.54) is 0 Å². The lowest BCUT2D eigenvalue weighted by atomic mass is 10.2. The summed E-state index contributed by atoms with van der Waals surface area (Å²) in [5.41, 5.74) is 3.33. The predicted molar refractivity (Wildman–Crippen MR) is 109 cm³/mol. The predicted octanol–water partition coefficient (Wildman–Crippen LogP) is 3.43. The highest BCUT2D eigenvalue weighted by molar-refractivity contribution is 7.92. The third kappa shape index (κ3) is 4.75. The van der Waals surface area contributed by atoms with Gasteiger partial charge in [-0.25, -0.2) is 8.42 Å². The van der Waals surface area contributed by atoms with Gasteiger partial charge in [-0.15, -0.1) is 0 Å². The number of amides is 1. The van der Waals surface area contributed by atoms with Crippen molar-refractivity contribution in [2.24, 2.45) is 0 Å². The summed E-state index contributed by atoms with van der Waals surface area (Å²) < 4.78 is 27.9. The number of nitrogens with zero attached hydrogens (tertiary/aromatic N) is 1. The molecule has 0 atom stereocenters. The Labute approximate surface area is 164 Å². The zero-order valence-corrected chi connectivity index (χ0v) is 16.5. The summed E-state index contributed by atoms with van der Waals surface area (Å²) in [5.74, 6) is -0.235. The number of nitrogens with one attached hydrogen (secondary N) is 2. The van der Waals surface area contributed by atoms with Crippen LogP contribution in [0.15, 0.2) is 71.9 Å². The van der Waals surface area contributed by atoms with Crippen molar-refractivity contribution in [3.8, 4) is 0 Å². The number of carbonyl (C=O) groups excluding carboxylic acids is 1. The molecule has 0 aliphatic rings. The molecule has 0 bridgehead atoms. The first-order valence-electron chi connectivity index (χ1n) is 8.72. The average molecular weight is 395 g/mol. The van der Waals surface area contributed by atoms with Gasteiger partial charge in [0.25, 0.3) is 15.9 Å². The highest BCUT2D eigenvalue weighted by atomic mass is 32.2.